The quantitative estimate of drug-likeness (QED) is 0.808. The summed E-state index contributed by atoms with van der Waals surface area (Å²) >= 11 is 0. The lowest BCUT2D eigenvalue weighted by atomic mass is 10.3. The van der Waals surface area contributed by atoms with Gasteiger partial charge in [0.05, 0.1) is 27.9 Å². The Hall–Kier alpha value is -2.41. The smallest absolute Gasteiger partial charge is 0.264 e. The Morgan fingerprint density at radius 3 is 2.57 bits per heavy atom. The van der Waals surface area contributed by atoms with E-state index in [1.165, 1.54) is 19.2 Å². The molecule has 7 heteroatoms. The van der Waals surface area contributed by atoms with Crippen LogP contribution in [-0.4, -0.2) is 25.4 Å². The number of hydrogen-bond donors (Lipinski definition) is 1. The molecule has 0 radical (unpaired) electrons. The molecule has 0 saturated carbocycles. The summed E-state index contributed by atoms with van der Waals surface area (Å²) in [5, 5.41) is 0. The Labute approximate surface area is 121 Å². The zero-order valence-corrected chi connectivity index (χ0v) is 11.9. The molecule has 5 nitrogen and oxygen atoms in total. The number of anilines is 1. The molecule has 0 saturated heterocycles. The van der Waals surface area contributed by atoms with Gasteiger partial charge in [-0.15, -0.1) is 0 Å². The van der Waals surface area contributed by atoms with Gasteiger partial charge in [-0.25, -0.2) is 17.8 Å². The van der Waals surface area contributed by atoms with Crippen molar-refractivity contribution in [3.8, 4) is 0 Å². The van der Waals surface area contributed by atoms with Crippen molar-refractivity contribution in [2.75, 3.05) is 11.4 Å². The molecule has 21 heavy (non-hydrogen) atoms. The highest BCUT2D eigenvalue weighted by Crippen LogP contribution is 2.24. The number of sulfonamides is 1. The summed E-state index contributed by atoms with van der Waals surface area (Å²) in [6.07, 6.45) is 1.54. The van der Waals surface area contributed by atoms with Crippen molar-refractivity contribution in [3.63, 3.8) is 0 Å². The number of aromatic nitrogens is 2. The summed E-state index contributed by atoms with van der Waals surface area (Å²) in [4.78, 5) is 7.05. The van der Waals surface area contributed by atoms with Gasteiger partial charge in [0.25, 0.3) is 10.0 Å². The summed E-state index contributed by atoms with van der Waals surface area (Å²) in [5.41, 5.74) is 2.00. The summed E-state index contributed by atoms with van der Waals surface area (Å²) in [5.74, 6) is -0.476. The number of aromatic amines is 1. The van der Waals surface area contributed by atoms with Crippen LogP contribution in [0.15, 0.2) is 53.7 Å². The van der Waals surface area contributed by atoms with E-state index < -0.39 is 15.8 Å². The lowest BCUT2D eigenvalue weighted by molar-refractivity contribution is 0.593. The van der Waals surface area contributed by atoms with Crippen LogP contribution in [-0.2, 0) is 10.0 Å². The highest BCUT2D eigenvalue weighted by atomic mass is 32.2. The maximum atomic E-state index is 12.9. The zero-order valence-electron chi connectivity index (χ0n) is 11.1. The summed E-state index contributed by atoms with van der Waals surface area (Å²) in [6.45, 7) is 0. The first-order chi connectivity index (χ1) is 9.98. The average Bonchev–Trinajstić information content (AvgIpc) is 2.94. The van der Waals surface area contributed by atoms with Crippen molar-refractivity contribution in [3.05, 3.63) is 54.6 Å². The van der Waals surface area contributed by atoms with Gasteiger partial charge in [0.15, 0.2) is 0 Å². The molecule has 0 aliphatic heterocycles. The normalized spacial score (nSPS) is 11.7. The van der Waals surface area contributed by atoms with E-state index in [0.717, 1.165) is 27.5 Å². The number of rotatable bonds is 3. The number of H-pyrrole nitrogens is 1. The molecule has 0 fully saturated rings. The fourth-order valence-corrected chi connectivity index (χ4v) is 3.21. The number of nitrogens with zero attached hydrogens (tertiary/aromatic N) is 2. The van der Waals surface area contributed by atoms with E-state index in [-0.39, 0.29) is 4.90 Å². The van der Waals surface area contributed by atoms with Gasteiger partial charge in [0, 0.05) is 7.05 Å². The van der Waals surface area contributed by atoms with E-state index in [4.69, 9.17) is 0 Å². The first-order valence-corrected chi connectivity index (χ1v) is 7.60. The van der Waals surface area contributed by atoms with E-state index in [0.29, 0.717) is 5.69 Å². The molecule has 1 aromatic heterocycles. The summed E-state index contributed by atoms with van der Waals surface area (Å²) in [6, 6.07) is 9.84. The lowest BCUT2D eigenvalue weighted by Gasteiger charge is -2.19. The van der Waals surface area contributed by atoms with Crippen molar-refractivity contribution in [2.24, 2.45) is 0 Å². The number of benzene rings is 2. The maximum Gasteiger partial charge on any atom is 0.264 e. The Morgan fingerprint density at radius 2 is 1.86 bits per heavy atom. The first kappa shape index (κ1) is 13.6. The van der Waals surface area contributed by atoms with E-state index in [1.54, 1.807) is 24.5 Å². The molecule has 0 amide bonds. The lowest BCUT2D eigenvalue weighted by Crippen LogP contribution is -2.26. The molecule has 0 aliphatic rings. The third-order valence-electron chi connectivity index (χ3n) is 3.24. The molecule has 3 aromatic rings. The molecular weight excluding hydrogens is 293 g/mol. The first-order valence-electron chi connectivity index (χ1n) is 6.16. The van der Waals surface area contributed by atoms with Gasteiger partial charge >= 0.3 is 0 Å². The fraction of sp³-hybridized carbons (Fsp3) is 0.0714. The van der Waals surface area contributed by atoms with Gasteiger partial charge < -0.3 is 4.98 Å². The van der Waals surface area contributed by atoms with Crippen LogP contribution < -0.4 is 4.31 Å². The molecule has 3 rings (SSSR count). The molecule has 0 aliphatic carbocycles. The topological polar surface area (TPSA) is 66.1 Å². The van der Waals surface area contributed by atoms with Gasteiger partial charge in [0.1, 0.15) is 5.82 Å². The molecule has 2 aromatic carbocycles. The Bertz CT molecular complexity index is 888. The SMILES string of the molecule is CN(c1ccc2nc[nH]c2c1)S(=O)(=O)c1ccc(F)cc1. The fourth-order valence-electron chi connectivity index (χ4n) is 2.02. The van der Waals surface area contributed by atoms with Gasteiger partial charge in [0.2, 0.25) is 0 Å². The van der Waals surface area contributed by atoms with Gasteiger partial charge in [-0.05, 0) is 42.5 Å². The van der Waals surface area contributed by atoms with Crippen molar-refractivity contribution in [2.45, 2.75) is 4.90 Å². The van der Waals surface area contributed by atoms with Crippen LogP contribution >= 0.6 is 0 Å². The van der Waals surface area contributed by atoms with Crippen molar-refractivity contribution in [1.82, 2.24) is 9.97 Å². The van der Waals surface area contributed by atoms with Crippen LogP contribution in [0.5, 0.6) is 0 Å². The molecule has 1 heterocycles. The average molecular weight is 305 g/mol. The Kier molecular flexibility index (Phi) is 3.13. The second kappa shape index (κ2) is 4.85. The second-order valence-corrected chi connectivity index (χ2v) is 6.50. The van der Waals surface area contributed by atoms with Crippen molar-refractivity contribution >= 4 is 26.7 Å². The standard InChI is InChI=1S/C14H12FN3O2S/c1-18(11-4-7-13-14(8-11)17-9-16-13)21(19,20)12-5-2-10(15)3-6-12/h2-9H,1H3,(H,16,17). The van der Waals surface area contributed by atoms with Crippen molar-refractivity contribution in [1.29, 1.82) is 0 Å². The van der Waals surface area contributed by atoms with E-state index in [1.807, 2.05) is 0 Å². The third kappa shape index (κ3) is 2.36. The van der Waals surface area contributed by atoms with E-state index >= 15 is 0 Å². The molecule has 0 unspecified atom stereocenters. The summed E-state index contributed by atoms with van der Waals surface area (Å²) < 4.78 is 39.1. The number of halogens is 1. The monoisotopic (exact) mass is 305 g/mol. The number of nitrogens with one attached hydrogen (secondary N) is 1. The predicted octanol–water partition coefficient (Wildman–Crippen LogP) is 2.53. The molecular formula is C14H12FN3O2S. The van der Waals surface area contributed by atoms with E-state index in [2.05, 4.69) is 9.97 Å². The highest BCUT2D eigenvalue weighted by Gasteiger charge is 2.21. The zero-order chi connectivity index (χ0) is 15.0. The summed E-state index contributed by atoms with van der Waals surface area (Å²) in [7, 11) is -2.27. The third-order valence-corrected chi connectivity index (χ3v) is 5.04. The van der Waals surface area contributed by atoms with Crippen LogP contribution in [0, 0.1) is 5.82 Å². The second-order valence-electron chi connectivity index (χ2n) is 4.53. The van der Waals surface area contributed by atoms with Crippen LogP contribution in [0.25, 0.3) is 11.0 Å². The van der Waals surface area contributed by atoms with Gasteiger partial charge in [-0.2, -0.15) is 0 Å². The number of fused-ring (bicyclic) bond motifs is 1. The molecule has 0 atom stereocenters. The van der Waals surface area contributed by atoms with Gasteiger partial charge in [-0.1, -0.05) is 0 Å². The largest absolute Gasteiger partial charge is 0.345 e. The maximum absolute atomic E-state index is 12.9. The van der Waals surface area contributed by atoms with Crippen LogP contribution in [0.4, 0.5) is 10.1 Å². The minimum absolute atomic E-state index is 0.0381. The molecule has 108 valence electrons. The number of imidazole rings is 1. The van der Waals surface area contributed by atoms with Crippen molar-refractivity contribution < 1.29 is 12.8 Å². The Morgan fingerprint density at radius 1 is 1.14 bits per heavy atom. The molecule has 0 spiro atoms. The highest BCUT2D eigenvalue weighted by molar-refractivity contribution is 7.92. The molecule has 1 N–H and O–H groups in total. The molecule has 0 bridgehead atoms. The van der Waals surface area contributed by atoms with E-state index in [9.17, 15) is 12.8 Å². The minimum Gasteiger partial charge on any atom is -0.345 e. The van der Waals surface area contributed by atoms with Gasteiger partial charge in [-0.3, -0.25) is 4.31 Å². The van der Waals surface area contributed by atoms with Crippen LogP contribution in [0.1, 0.15) is 0 Å². The number of hydrogen-bond acceptors (Lipinski definition) is 3. The minimum atomic E-state index is -3.73. The predicted molar refractivity (Wildman–Crippen MR) is 78.1 cm³/mol. The van der Waals surface area contributed by atoms with Crippen LogP contribution in [0.3, 0.4) is 0 Å². The Balaban J connectivity index is 2.03. The van der Waals surface area contributed by atoms with Crippen LogP contribution in [0.2, 0.25) is 0 Å².